The Hall–Kier alpha value is -2.26. The van der Waals surface area contributed by atoms with E-state index in [0.29, 0.717) is 28.2 Å². The molecule has 1 aliphatic heterocycles. The Balaban J connectivity index is 1.66. The van der Waals surface area contributed by atoms with Crippen molar-refractivity contribution in [3.05, 3.63) is 45.9 Å². The van der Waals surface area contributed by atoms with Crippen molar-refractivity contribution >= 4 is 41.1 Å². The third-order valence-electron chi connectivity index (χ3n) is 4.20. The lowest BCUT2D eigenvalue weighted by atomic mass is 10.2. The van der Waals surface area contributed by atoms with Gasteiger partial charge >= 0.3 is 5.97 Å². The van der Waals surface area contributed by atoms with Crippen molar-refractivity contribution in [3.63, 3.8) is 0 Å². The lowest BCUT2D eigenvalue weighted by Gasteiger charge is -2.11. The third kappa shape index (κ3) is 4.41. The number of carbonyl (C=O) groups is 2. The van der Waals surface area contributed by atoms with Crippen LogP contribution in [0.5, 0.6) is 0 Å². The summed E-state index contributed by atoms with van der Waals surface area (Å²) in [6.45, 7) is 4.48. The van der Waals surface area contributed by atoms with Crippen molar-refractivity contribution in [2.24, 2.45) is 0 Å². The van der Waals surface area contributed by atoms with Crippen molar-refractivity contribution in [1.29, 1.82) is 0 Å². The van der Waals surface area contributed by atoms with Gasteiger partial charge in [0.15, 0.2) is 5.16 Å². The molecule has 3 rings (SSSR count). The maximum atomic E-state index is 12.7. The number of aromatic nitrogens is 2. The summed E-state index contributed by atoms with van der Waals surface area (Å²) in [5.41, 5.74) is 1.80. The molecule has 2 heterocycles. The van der Waals surface area contributed by atoms with Gasteiger partial charge < -0.3 is 10.1 Å². The van der Waals surface area contributed by atoms with Gasteiger partial charge in [0.25, 0.3) is 5.56 Å². The molecule has 0 saturated carbocycles. The van der Waals surface area contributed by atoms with Crippen LogP contribution in [0.4, 0.5) is 5.69 Å². The molecule has 0 fully saturated rings. The van der Waals surface area contributed by atoms with E-state index in [4.69, 9.17) is 0 Å². The number of ether oxygens (including phenoxy) is 1. The van der Waals surface area contributed by atoms with Crippen LogP contribution in [0.25, 0.3) is 0 Å². The highest BCUT2D eigenvalue weighted by atomic mass is 32.2. The molecule has 0 radical (unpaired) electrons. The minimum atomic E-state index is -0.430. The van der Waals surface area contributed by atoms with Crippen LogP contribution in [0.3, 0.4) is 0 Å². The average molecular weight is 420 g/mol. The Kier molecular flexibility index (Phi) is 6.46. The van der Waals surface area contributed by atoms with E-state index in [2.05, 4.69) is 22.0 Å². The summed E-state index contributed by atoms with van der Waals surface area (Å²) in [5, 5.41) is 3.69. The lowest BCUT2D eigenvalue weighted by molar-refractivity contribution is -0.113. The predicted molar refractivity (Wildman–Crippen MR) is 110 cm³/mol. The quantitative estimate of drug-likeness (QED) is 0.437. The maximum absolute atomic E-state index is 12.7. The normalized spacial score (nSPS) is 15.2. The van der Waals surface area contributed by atoms with E-state index >= 15 is 0 Å². The Morgan fingerprint density at radius 1 is 1.36 bits per heavy atom. The summed E-state index contributed by atoms with van der Waals surface area (Å²) in [6.07, 6.45) is 0.770. The SMILES string of the molecule is CCn1c(SCC(=O)Nc2ccc(C(=O)OC)cc2)nc2c(c1=O)SC(C)C2. The Bertz CT molecular complexity index is 957. The molecule has 2 aromatic rings. The van der Waals surface area contributed by atoms with Crippen LogP contribution in [0.15, 0.2) is 39.1 Å². The number of rotatable bonds is 6. The molecule has 0 saturated heterocycles. The fourth-order valence-electron chi connectivity index (χ4n) is 2.86. The number of nitrogens with one attached hydrogen (secondary N) is 1. The highest BCUT2D eigenvalue weighted by molar-refractivity contribution is 8.00. The van der Waals surface area contributed by atoms with E-state index in [9.17, 15) is 14.4 Å². The first kappa shape index (κ1) is 20.5. The maximum Gasteiger partial charge on any atom is 0.337 e. The van der Waals surface area contributed by atoms with E-state index in [1.807, 2.05) is 6.92 Å². The average Bonchev–Trinajstić information content (AvgIpc) is 3.07. The summed E-state index contributed by atoms with van der Waals surface area (Å²) in [7, 11) is 1.32. The number of hydrogen-bond donors (Lipinski definition) is 1. The number of benzene rings is 1. The van der Waals surface area contributed by atoms with Gasteiger partial charge in [0, 0.05) is 23.9 Å². The number of fused-ring (bicyclic) bond motifs is 1. The van der Waals surface area contributed by atoms with Gasteiger partial charge in [-0.2, -0.15) is 0 Å². The molecular formula is C19H21N3O4S2. The molecule has 28 heavy (non-hydrogen) atoms. The van der Waals surface area contributed by atoms with Crippen LogP contribution in [-0.4, -0.2) is 39.5 Å². The third-order valence-corrected chi connectivity index (χ3v) is 6.39. The highest BCUT2D eigenvalue weighted by Crippen LogP contribution is 2.34. The van der Waals surface area contributed by atoms with Crippen LogP contribution < -0.4 is 10.9 Å². The number of thioether (sulfide) groups is 2. The second kappa shape index (κ2) is 8.83. The van der Waals surface area contributed by atoms with Gasteiger partial charge in [-0.3, -0.25) is 14.2 Å². The molecular weight excluding hydrogens is 398 g/mol. The van der Waals surface area contributed by atoms with Gasteiger partial charge in [0.2, 0.25) is 5.91 Å². The van der Waals surface area contributed by atoms with E-state index < -0.39 is 5.97 Å². The number of methoxy groups -OCH3 is 1. The molecule has 9 heteroatoms. The van der Waals surface area contributed by atoms with Gasteiger partial charge in [0.05, 0.1) is 29.0 Å². The van der Waals surface area contributed by atoms with E-state index in [1.165, 1.54) is 18.9 Å². The standard InChI is InChI=1S/C19H21N3O4S2/c1-4-22-17(24)16-14(9-11(2)28-16)21-19(22)27-10-15(23)20-13-7-5-12(6-8-13)18(25)26-3/h5-8,11H,4,9-10H2,1-3H3,(H,20,23). The zero-order chi connectivity index (χ0) is 20.3. The number of amides is 1. The summed E-state index contributed by atoms with van der Waals surface area (Å²) in [4.78, 5) is 41.7. The first-order chi connectivity index (χ1) is 13.4. The largest absolute Gasteiger partial charge is 0.465 e. The Morgan fingerprint density at radius 2 is 2.07 bits per heavy atom. The van der Waals surface area contributed by atoms with Crippen molar-refractivity contribution in [2.75, 3.05) is 18.2 Å². The fraction of sp³-hybridized carbons (Fsp3) is 0.368. The van der Waals surface area contributed by atoms with Crippen LogP contribution >= 0.6 is 23.5 Å². The molecule has 0 spiro atoms. The van der Waals surface area contributed by atoms with Gasteiger partial charge in [0.1, 0.15) is 0 Å². The molecule has 1 aromatic heterocycles. The molecule has 1 aliphatic rings. The zero-order valence-electron chi connectivity index (χ0n) is 15.9. The summed E-state index contributed by atoms with van der Waals surface area (Å²) >= 11 is 2.82. The first-order valence-electron chi connectivity index (χ1n) is 8.84. The van der Waals surface area contributed by atoms with E-state index in [0.717, 1.165) is 17.0 Å². The van der Waals surface area contributed by atoms with Crippen molar-refractivity contribution in [1.82, 2.24) is 9.55 Å². The summed E-state index contributed by atoms with van der Waals surface area (Å²) in [6, 6.07) is 6.46. The minimum absolute atomic E-state index is 0.0249. The Morgan fingerprint density at radius 3 is 2.71 bits per heavy atom. The molecule has 1 amide bonds. The molecule has 1 N–H and O–H groups in total. The molecule has 0 bridgehead atoms. The predicted octanol–water partition coefficient (Wildman–Crippen LogP) is 2.82. The van der Waals surface area contributed by atoms with Gasteiger partial charge in [-0.05, 0) is 31.2 Å². The van der Waals surface area contributed by atoms with E-state index in [1.54, 1.807) is 40.6 Å². The molecule has 1 atom stereocenters. The van der Waals surface area contributed by atoms with Crippen LogP contribution in [-0.2, 0) is 22.5 Å². The molecule has 0 aliphatic carbocycles. The summed E-state index contributed by atoms with van der Waals surface area (Å²) < 4.78 is 6.27. The van der Waals surface area contributed by atoms with Crippen LogP contribution in [0, 0.1) is 0 Å². The fourth-order valence-corrected chi connectivity index (χ4v) is 4.85. The monoisotopic (exact) mass is 419 g/mol. The topological polar surface area (TPSA) is 90.3 Å². The number of anilines is 1. The van der Waals surface area contributed by atoms with Crippen LogP contribution in [0.2, 0.25) is 0 Å². The second-order valence-electron chi connectivity index (χ2n) is 6.26. The minimum Gasteiger partial charge on any atom is -0.465 e. The first-order valence-corrected chi connectivity index (χ1v) is 10.7. The summed E-state index contributed by atoms with van der Waals surface area (Å²) in [5.74, 6) is -0.510. The highest BCUT2D eigenvalue weighted by Gasteiger charge is 2.26. The lowest BCUT2D eigenvalue weighted by Crippen LogP contribution is -2.25. The number of nitrogens with zero attached hydrogens (tertiary/aromatic N) is 2. The van der Waals surface area contributed by atoms with E-state index in [-0.39, 0.29) is 17.2 Å². The van der Waals surface area contributed by atoms with Gasteiger partial charge in [-0.15, -0.1) is 11.8 Å². The smallest absolute Gasteiger partial charge is 0.337 e. The van der Waals surface area contributed by atoms with Crippen molar-refractivity contribution in [2.45, 2.75) is 42.1 Å². The van der Waals surface area contributed by atoms with Crippen molar-refractivity contribution < 1.29 is 14.3 Å². The van der Waals surface area contributed by atoms with Gasteiger partial charge in [-0.1, -0.05) is 18.7 Å². The zero-order valence-corrected chi connectivity index (χ0v) is 17.5. The number of esters is 1. The molecule has 7 nitrogen and oxygen atoms in total. The Labute approximate surface area is 171 Å². The second-order valence-corrected chi connectivity index (χ2v) is 8.65. The number of carbonyl (C=O) groups excluding carboxylic acids is 2. The molecule has 1 aromatic carbocycles. The van der Waals surface area contributed by atoms with Crippen LogP contribution in [0.1, 0.15) is 29.9 Å². The number of hydrogen-bond acceptors (Lipinski definition) is 7. The van der Waals surface area contributed by atoms with Gasteiger partial charge in [-0.25, -0.2) is 9.78 Å². The molecule has 148 valence electrons. The van der Waals surface area contributed by atoms with Crippen molar-refractivity contribution in [3.8, 4) is 0 Å². The molecule has 1 unspecified atom stereocenters.